The average molecular weight is 222 g/mol. The van der Waals surface area contributed by atoms with Crippen molar-refractivity contribution in [1.29, 1.82) is 0 Å². The number of hydrogen-bond donors (Lipinski definition) is 1. The second kappa shape index (κ2) is 4.30. The van der Waals surface area contributed by atoms with E-state index in [1.807, 2.05) is 0 Å². The molecule has 1 heterocycles. The van der Waals surface area contributed by atoms with Gasteiger partial charge in [0, 0.05) is 11.9 Å². The minimum atomic E-state index is -0.651. The van der Waals surface area contributed by atoms with E-state index in [1.165, 1.54) is 12.3 Å². The molecule has 0 aromatic carbocycles. The summed E-state index contributed by atoms with van der Waals surface area (Å²) in [6.45, 7) is 5.20. The summed E-state index contributed by atoms with van der Waals surface area (Å²) >= 11 is 0. The largest absolute Gasteiger partial charge is 0.455 e. The Morgan fingerprint density at radius 2 is 2.12 bits per heavy atom. The number of nitrogen functional groups attached to an aromatic ring is 1. The maximum atomic E-state index is 11.7. The number of hydrogen-bond acceptors (Lipinski definition) is 5. The van der Waals surface area contributed by atoms with Crippen LogP contribution in [-0.2, 0) is 4.74 Å². The molecule has 0 saturated heterocycles. The van der Waals surface area contributed by atoms with Crippen LogP contribution in [0.1, 0.15) is 41.6 Å². The first-order valence-corrected chi connectivity index (χ1v) is 4.78. The SMILES string of the molecule is CC(C)(C)OC(=O)c1nccc(N)c1C=O. The first kappa shape index (κ1) is 12.2. The molecule has 0 bridgehead atoms. The normalized spacial score (nSPS) is 10.9. The quantitative estimate of drug-likeness (QED) is 0.604. The van der Waals surface area contributed by atoms with Gasteiger partial charge in [-0.3, -0.25) is 4.79 Å². The number of nitrogens with two attached hydrogens (primary N) is 1. The van der Waals surface area contributed by atoms with Gasteiger partial charge in [0.1, 0.15) is 5.60 Å². The lowest BCUT2D eigenvalue weighted by Crippen LogP contribution is -2.25. The number of esters is 1. The first-order valence-electron chi connectivity index (χ1n) is 4.78. The number of anilines is 1. The molecule has 1 aromatic rings. The summed E-state index contributed by atoms with van der Waals surface area (Å²) < 4.78 is 5.11. The van der Waals surface area contributed by atoms with Crippen molar-refractivity contribution in [2.45, 2.75) is 26.4 Å². The Labute approximate surface area is 93.6 Å². The number of ether oxygens (including phenoxy) is 1. The van der Waals surface area contributed by atoms with Crippen LogP contribution < -0.4 is 5.73 Å². The van der Waals surface area contributed by atoms with E-state index in [1.54, 1.807) is 20.8 Å². The monoisotopic (exact) mass is 222 g/mol. The van der Waals surface area contributed by atoms with Gasteiger partial charge >= 0.3 is 5.97 Å². The summed E-state index contributed by atoms with van der Waals surface area (Å²) in [7, 11) is 0. The summed E-state index contributed by atoms with van der Waals surface area (Å²) in [6, 6.07) is 1.46. The molecule has 0 amide bonds. The van der Waals surface area contributed by atoms with Gasteiger partial charge in [0.2, 0.25) is 0 Å². The van der Waals surface area contributed by atoms with Crippen molar-refractivity contribution < 1.29 is 14.3 Å². The zero-order valence-corrected chi connectivity index (χ0v) is 9.48. The molecule has 0 spiro atoms. The zero-order valence-electron chi connectivity index (χ0n) is 9.48. The van der Waals surface area contributed by atoms with Gasteiger partial charge in [-0.2, -0.15) is 0 Å². The second-order valence-corrected chi connectivity index (χ2v) is 4.28. The molecule has 16 heavy (non-hydrogen) atoms. The third-order valence-electron chi connectivity index (χ3n) is 1.73. The van der Waals surface area contributed by atoms with E-state index in [-0.39, 0.29) is 16.9 Å². The fourth-order valence-electron chi connectivity index (χ4n) is 1.10. The fourth-order valence-corrected chi connectivity index (χ4v) is 1.10. The number of rotatable bonds is 2. The Kier molecular flexibility index (Phi) is 3.27. The molecule has 0 unspecified atom stereocenters. The van der Waals surface area contributed by atoms with Crippen molar-refractivity contribution in [3.63, 3.8) is 0 Å². The maximum absolute atomic E-state index is 11.7. The highest BCUT2D eigenvalue weighted by Crippen LogP contribution is 2.16. The molecule has 1 aromatic heterocycles. The summed E-state index contributed by atoms with van der Waals surface area (Å²) in [6.07, 6.45) is 1.86. The molecule has 0 atom stereocenters. The van der Waals surface area contributed by atoms with E-state index in [2.05, 4.69) is 4.98 Å². The van der Waals surface area contributed by atoms with E-state index in [0.717, 1.165) is 0 Å². The van der Waals surface area contributed by atoms with Crippen LogP contribution in [0.4, 0.5) is 5.69 Å². The van der Waals surface area contributed by atoms with Gasteiger partial charge in [-0.05, 0) is 26.8 Å². The summed E-state index contributed by atoms with van der Waals surface area (Å²) in [4.78, 5) is 26.3. The van der Waals surface area contributed by atoms with Gasteiger partial charge in [-0.15, -0.1) is 0 Å². The van der Waals surface area contributed by atoms with Crippen LogP contribution in [0.3, 0.4) is 0 Å². The molecule has 1 rings (SSSR count). The Bertz CT molecular complexity index is 422. The molecule has 0 fully saturated rings. The standard InChI is InChI=1S/C11H14N2O3/c1-11(2,3)16-10(15)9-7(6-14)8(12)4-5-13-9/h4-6H,1-3H3,(H2,12,13). The smallest absolute Gasteiger partial charge is 0.358 e. The van der Waals surface area contributed by atoms with E-state index >= 15 is 0 Å². The minimum Gasteiger partial charge on any atom is -0.455 e. The zero-order chi connectivity index (χ0) is 12.3. The molecule has 5 heteroatoms. The predicted molar refractivity (Wildman–Crippen MR) is 59.2 cm³/mol. The van der Waals surface area contributed by atoms with Crippen LogP contribution in [0.2, 0.25) is 0 Å². The van der Waals surface area contributed by atoms with Crippen molar-refractivity contribution in [3.8, 4) is 0 Å². The lowest BCUT2D eigenvalue weighted by Gasteiger charge is -2.19. The van der Waals surface area contributed by atoms with Gasteiger partial charge in [0.25, 0.3) is 0 Å². The molecule has 0 radical (unpaired) electrons. The van der Waals surface area contributed by atoms with Crippen LogP contribution in [0.25, 0.3) is 0 Å². The number of aromatic nitrogens is 1. The molecular formula is C11H14N2O3. The predicted octanol–water partition coefficient (Wildman–Crippen LogP) is 1.43. The fraction of sp³-hybridized carbons (Fsp3) is 0.364. The molecular weight excluding hydrogens is 208 g/mol. The second-order valence-electron chi connectivity index (χ2n) is 4.28. The summed E-state index contributed by atoms with van der Waals surface area (Å²) in [5, 5.41) is 0. The summed E-state index contributed by atoms with van der Waals surface area (Å²) in [5.74, 6) is -0.651. The average Bonchev–Trinajstić information content (AvgIpc) is 2.14. The third kappa shape index (κ3) is 2.79. The molecule has 86 valence electrons. The number of aldehydes is 1. The van der Waals surface area contributed by atoms with Crippen LogP contribution >= 0.6 is 0 Å². The van der Waals surface area contributed by atoms with Gasteiger partial charge in [0.15, 0.2) is 12.0 Å². The van der Waals surface area contributed by atoms with Gasteiger partial charge < -0.3 is 10.5 Å². The molecule has 0 aliphatic rings. The van der Waals surface area contributed by atoms with Crippen molar-refractivity contribution >= 4 is 17.9 Å². The Morgan fingerprint density at radius 3 is 2.62 bits per heavy atom. The molecule has 0 aliphatic heterocycles. The summed E-state index contributed by atoms with van der Waals surface area (Å²) in [5.41, 5.74) is 5.15. The molecule has 2 N–H and O–H groups in total. The number of carbonyl (C=O) groups is 2. The van der Waals surface area contributed by atoms with Gasteiger partial charge in [0.05, 0.1) is 5.56 Å². The first-order chi connectivity index (χ1) is 7.35. The van der Waals surface area contributed by atoms with Crippen molar-refractivity contribution in [1.82, 2.24) is 4.98 Å². The van der Waals surface area contributed by atoms with Crippen LogP contribution in [0, 0.1) is 0 Å². The lowest BCUT2D eigenvalue weighted by molar-refractivity contribution is 0.00616. The van der Waals surface area contributed by atoms with Crippen molar-refractivity contribution in [3.05, 3.63) is 23.5 Å². The minimum absolute atomic E-state index is 0.0510. The Morgan fingerprint density at radius 1 is 1.50 bits per heavy atom. The highest BCUT2D eigenvalue weighted by Gasteiger charge is 2.22. The van der Waals surface area contributed by atoms with Crippen molar-refractivity contribution in [2.75, 3.05) is 5.73 Å². The van der Waals surface area contributed by atoms with Crippen molar-refractivity contribution in [2.24, 2.45) is 0 Å². The molecule has 0 saturated carbocycles. The van der Waals surface area contributed by atoms with E-state index in [4.69, 9.17) is 10.5 Å². The van der Waals surface area contributed by atoms with Crippen LogP contribution in [0.5, 0.6) is 0 Å². The topological polar surface area (TPSA) is 82.3 Å². The Hall–Kier alpha value is -1.91. The van der Waals surface area contributed by atoms with Gasteiger partial charge in [-0.1, -0.05) is 0 Å². The number of carbonyl (C=O) groups excluding carboxylic acids is 2. The molecule has 0 aliphatic carbocycles. The maximum Gasteiger partial charge on any atom is 0.358 e. The molecule has 5 nitrogen and oxygen atoms in total. The highest BCUT2D eigenvalue weighted by atomic mass is 16.6. The van der Waals surface area contributed by atoms with Crippen LogP contribution in [-0.4, -0.2) is 22.8 Å². The lowest BCUT2D eigenvalue weighted by atomic mass is 10.1. The Balaban J connectivity index is 3.09. The number of pyridine rings is 1. The van der Waals surface area contributed by atoms with Crippen LogP contribution in [0.15, 0.2) is 12.3 Å². The highest BCUT2D eigenvalue weighted by molar-refractivity contribution is 5.99. The number of nitrogens with zero attached hydrogens (tertiary/aromatic N) is 1. The van der Waals surface area contributed by atoms with Gasteiger partial charge in [-0.25, -0.2) is 9.78 Å². The third-order valence-corrected chi connectivity index (χ3v) is 1.73. The van der Waals surface area contributed by atoms with E-state index in [9.17, 15) is 9.59 Å². The van der Waals surface area contributed by atoms with E-state index < -0.39 is 11.6 Å². The van der Waals surface area contributed by atoms with E-state index in [0.29, 0.717) is 6.29 Å².